The van der Waals surface area contributed by atoms with Crippen molar-refractivity contribution in [2.45, 2.75) is 13.8 Å². The van der Waals surface area contributed by atoms with Gasteiger partial charge in [0.2, 0.25) is 11.8 Å². The van der Waals surface area contributed by atoms with Crippen molar-refractivity contribution >= 4 is 40.7 Å². The second kappa shape index (κ2) is 4.64. The van der Waals surface area contributed by atoms with Gasteiger partial charge in [0.1, 0.15) is 0 Å². The van der Waals surface area contributed by atoms with Crippen LogP contribution in [0.15, 0.2) is 18.2 Å². The van der Waals surface area contributed by atoms with Crippen LogP contribution in [0.1, 0.15) is 13.8 Å². The van der Waals surface area contributed by atoms with Gasteiger partial charge in [-0.25, -0.2) is 4.90 Å². The number of para-hydroxylation sites is 1. The van der Waals surface area contributed by atoms with Crippen molar-refractivity contribution < 1.29 is 9.59 Å². The van der Waals surface area contributed by atoms with Gasteiger partial charge in [-0.3, -0.25) is 9.59 Å². The summed E-state index contributed by atoms with van der Waals surface area (Å²) in [6.45, 7) is 2.56. The van der Waals surface area contributed by atoms with E-state index in [1.165, 1.54) is 13.8 Å². The predicted octanol–water partition coefficient (Wildman–Crippen LogP) is 2.89. The molecule has 0 unspecified atom stereocenters. The van der Waals surface area contributed by atoms with Crippen molar-refractivity contribution in [1.82, 2.24) is 0 Å². The molecule has 1 aromatic carbocycles. The van der Waals surface area contributed by atoms with E-state index in [4.69, 9.17) is 23.2 Å². The Hall–Kier alpha value is -1.06. The first-order chi connectivity index (χ1) is 6.95. The molecule has 80 valence electrons. The Morgan fingerprint density at radius 1 is 1.07 bits per heavy atom. The van der Waals surface area contributed by atoms with Crippen LogP contribution >= 0.6 is 23.2 Å². The van der Waals surface area contributed by atoms with Crippen LogP contribution in [-0.2, 0) is 9.59 Å². The highest BCUT2D eigenvalue weighted by atomic mass is 35.5. The summed E-state index contributed by atoms with van der Waals surface area (Å²) in [5, 5.41) is 0.542. The fourth-order valence-electron chi connectivity index (χ4n) is 1.24. The second-order valence-corrected chi connectivity index (χ2v) is 3.76. The number of nitrogens with zero attached hydrogens (tertiary/aromatic N) is 1. The molecule has 0 radical (unpaired) electrons. The molecule has 0 aliphatic rings. The van der Waals surface area contributed by atoms with Crippen LogP contribution in [0, 0.1) is 0 Å². The van der Waals surface area contributed by atoms with Gasteiger partial charge in [0.05, 0.1) is 15.7 Å². The van der Waals surface area contributed by atoms with E-state index in [1.54, 1.807) is 18.2 Å². The molecule has 0 aromatic heterocycles. The zero-order valence-corrected chi connectivity index (χ0v) is 9.76. The van der Waals surface area contributed by atoms with E-state index in [0.717, 1.165) is 4.90 Å². The van der Waals surface area contributed by atoms with Gasteiger partial charge in [-0.15, -0.1) is 0 Å². The molecule has 1 rings (SSSR count). The minimum absolute atomic E-state index is 0.237. The monoisotopic (exact) mass is 245 g/mol. The van der Waals surface area contributed by atoms with Crippen molar-refractivity contribution in [3.05, 3.63) is 28.2 Å². The van der Waals surface area contributed by atoms with Crippen molar-refractivity contribution in [3.63, 3.8) is 0 Å². The average molecular weight is 246 g/mol. The number of amides is 2. The van der Waals surface area contributed by atoms with Crippen LogP contribution in [0.5, 0.6) is 0 Å². The van der Waals surface area contributed by atoms with E-state index in [9.17, 15) is 9.59 Å². The summed E-state index contributed by atoms with van der Waals surface area (Å²) < 4.78 is 0. The maximum atomic E-state index is 11.3. The Labute approximate surface area is 97.6 Å². The normalized spacial score (nSPS) is 9.87. The van der Waals surface area contributed by atoms with Gasteiger partial charge >= 0.3 is 0 Å². The van der Waals surface area contributed by atoms with Crippen LogP contribution in [0.3, 0.4) is 0 Å². The number of halogens is 2. The van der Waals surface area contributed by atoms with Crippen LogP contribution in [-0.4, -0.2) is 11.8 Å². The van der Waals surface area contributed by atoms with Gasteiger partial charge in [-0.1, -0.05) is 29.3 Å². The topological polar surface area (TPSA) is 37.4 Å². The van der Waals surface area contributed by atoms with Gasteiger partial charge in [0.15, 0.2) is 0 Å². The zero-order chi connectivity index (χ0) is 11.6. The minimum atomic E-state index is -0.419. The Balaban J connectivity index is 3.35. The quantitative estimate of drug-likeness (QED) is 0.763. The summed E-state index contributed by atoms with van der Waals surface area (Å²) in [4.78, 5) is 23.5. The fourth-order valence-corrected chi connectivity index (χ4v) is 1.81. The maximum absolute atomic E-state index is 11.3. The number of imide groups is 1. The highest BCUT2D eigenvalue weighted by Crippen LogP contribution is 2.33. The molecule has 15 heavy (non-hydrogen) atoms. The molecule has 0 aliphatic heterocycles. The van der Waals surface area contributed by atoms with Crippen molar-refractivity contribution in [2.75, 3.05) is 4.90 Å². The van der Waals surface area contributed by atoms with E-state index in [2.05, 4.69) is 0 Å². The third kappa shape index (κ3) is 2.49. The van der Waals surface area contributed by atoms with E-state index >= 15 is 0 Å². The largest absolute Gasteiger partial charge is 0.274 e. The standard InChI is InChI=1S/C10H9Cl2NO2/c1-6(14)13(7(2)15)10-8(11)4-3-5-9(10)12/h3-5H,1-2H3. The summed E-state index contributed by atoms with van der Waals surface area (Å²) in [7, 11) is 0. The summed E-state index contributed by atoms with van der Waals surface area (Å²) >= 11 is 11.8. The highest BCUT2D eigenvalue weighted by Gasteiger charge is 2.21. The number of carbonyl (C=O) groups excluding carboxylic acids is 2. The summed E-state index contributed by atoms with van der Waals surface area (Å²) in [6, 6.07) is 4.79. The number of benzene rings is 1. The first-order valence-corrected chi connectivity index (χ1v) is 4.96. The molecule has 0 N–H and O–H groups in total. The molecule has 0 fully saturated rings. The number of anilines is 1. The van der Waals surface area contributed by atoms with Crippen molar-refractivity contribution in [2.24, 2.45) is 0 Å². The minimum Gasteiger partial charge on any atom is -0.274 e. The summed E-state index contributed by atoms with van der Waals surface area (Å²) in [5.74, 6) is -0.838. The Bertz CT molecular complexity index is 384. The van der Waals surface area contributed by atoms with Gasteiger partial charge in [-0.05, 0) is 12.1 Å². The molecule has 0 aliphatic carbocycles. The number of carbonyl (C=O) groups is 2. The third-order valence-corrected chi connectivity index (χ3v) is 2.40. The van der Waals surface area contributed by atoms with E-state index in [1.807, 2.05) is 0 Å². The third-order valence-electron chi connectivity index (χ3n) is 1.79. The van der Waals surface area contributed by atoms with Crippen LogP contribution in [0.4, 0.5) is 5.69 Å². The van der Waals surface area contributed by atoms with Crippen molar-refractivity contribution in [1.29, 1.82) is 0 Å². The van der Waals surface area contributed by atoms with Gasteiger partial charge in [0, 0.05) is 13.8 Å². The van der Waals surface area contributed by atoms with Gasteiger partial charge in [0.25, 0.3) is 0 Å². The number of hydrogen-bond acceptors (Lipinski definition) is 2. The molecule has 0 bridgehead atoms. The van der Waals surface area contributed by atoms with Crippen LogP contribution in [0.2, 0.25) is 10.0 Å². The lowest BCUT2D eigenvalue weighted by atomic mass is 10.2. The summed E-state index contributed by atoms with van der Waals surface area (Å²) in [6.07, 6.45) is 0. The van der Waals surface area contributed by atoms with Crippen molar-refractivity contribution in [3.8, 4) is 0 Å². The fraction of sp³-hybridized carbons (Fsp3) is 0.200. The molecule has 0 saturated heterocycles. The molecule has 3 nitrogen and oxygen atoms in total. The molecule has 5 heteroatoms. The lowest BCUT2D eigenvalue weighted by Crippen LogP contribution is -2.33. The zero-order valence-electron chi connectivity index (χ0n) is 8.25. The molecule has 0 saturated carbocycles. The average Bonchev–Trinajstić information content (AvgIpc) is 2.09. The van der Waals surface area contributed by atoms with Crippen LogP contribution in [0.25, 0.3) is 0 Å². The first-order valence-electron chi connectivity index (χ1n) is 4.20. The van der Waals surface area contributed by atoms with E-state index < -0.39 is 11.8 Å². The lowest BCUT2D eigenvalue weighted by Gasteiger charge is -2.19. The highest BCUT2D eigenvalue weighted by molar-refractivity contribution is 6.41. The molecule has 0 atom stereocenters. The Morgan fingerprint density at radius 2 is 1.47 bits per heavy atom. The predicted molar refractivity (Wildman–Crippen MR) is 60.3 cm³/mol. The summed E-state index contributed by atoms with van der Waals surface area (Å²) in [5.41, 5.74) is 0.237. The molecule has 1 aromatic rings. The molecule has 0 heterocycles. The van der Waals surface area contributed by atoms with E-state index in [-0.39, 0.29) is 15.7 Å². The maximum Gasteiger partial charge on any atom is 0.230 e. The van der Waals surface area contributed by atoms with Gasteiger partial charge in [-0.2, -0.15) is 0 Å². The molecule has 0 spiro atoms. The number of hydrogen-bond donors (Lipinski definition) is 0. The van der Waals surface area contributed by atoms with Gasteiger partial charge < -0.3 is 0 Å². The first kappa shape index (κ1) is 12.0. The molecular weight excluding hydrogens is 237 g/mol. The Morgan fingerprint density at radius 3 is 1.80 bits per heavy atom. The SMILES string of the molecule is CC(=O)N(C(C)=O)c1c(Cl)cccc1Cl. The van der Waals surface area contributed by atoms with E-state index in [0.29, 0.717) is 0 Å². The van der Waals surface area contributed by atoms with Crippen LogP contribution < -0.4 is 4.90 Å². The second-order valence-electron chi connectivity index (χ2n) is 2.94. The smallest absolute Gasteiger partial charge is 0.230 e. The molecular formula is C10H9Cl2NO2. The lowest BCUT2D eigenvalue weighted by molar-refractivity contribution is -0.124. The number of rotatable bonds is 1. The Kier molecular flexibility index (Phi) is 3.72. The molecule has 2 amide bonds.